The molecule has 1 saturated heterocycles. The number of allylic oxidation sites excluding steroid dienone is 2. The van der Waals surface area contributed by atoms with Crippen LogP contribution < -0.4 is 0 Å². The van der Waals surface area contributed by atoms with Gasteiger partial charge in [-0.1, -0.05) is 0 Å². The van der Waals surface area contributed by atoms with E-state index in [-0.39, 0.29) is 29.1 Å². The average Bonchev–Trinajstić information content (AvgIpc) is 2.80. The van der Waals surface area contributed by atoms with Crippen LogP contribution >= 0.6 is 0 Å². The van der Waals surface area contributed by atoms with Crippen molar-refractivity contribution >= 4 is 17.5 Å². The van der Waals surface area contributed by atoms with Gasteiger partial charge in [0.05, 0.1) is 32.3 Å². The number of hydrogen-bond donors (Lipinski definition) is 0. The van der Waals surface area contributed by atoms with E-state index in [1.807, 2.05) is 0 Å². The van der Waals surface area contributed by atoms with Crippen LogP contribution in [0.1, 0.15) is 13.3 Å². The molecule has 0 unspecified atom stereocenters. The molecule has 112 valence electrons. The maximum atomic E-state index is 12.6. The van der Waals surface area contributed by atoms with Crippen LogP contribution in [0, 0.1) is 0 Å². The molecule has 0 N–H and O–H groups in total. The number of esters is 1. The van der Waals surface area contributed by atoms with Gasteiger partial charge in [-0.15, -0.1) is 0 Å². The molecule has 0 saturated carbocycles. The molecule has 3 atom stereocenters. The van der Waals surface area contributed by atoms with Crippen LogP contribution in [0.15, 0.2) is 22.7 Å². The molecule has 0 radical (unpaired) electrons. The van der Waals surface area contributed by atoms with Gasteiger partial charge in [0.1, 0.15) is 6.10 Å². The lowest BCUT2D eigenvalue weighted by Crippen LogP contribution is -2.45. The molecule has 0 aromatic heterocycles. The second kappa shape index (κ2) is 4.70. The number of ether oxygens (including phenoxy) is 4. The molecular formula is C14H14O7. The van der Waals surface area contributed by atoms with E-state index >= 15 is 0 Å². The van der Waals surface area contributed by atoms with Crippen LogP contribution in [0.4, 0.5) is 0 Å². The number of fused-ring (bicyclic) bond motifs is 2. The van der Waals surface area contributed by atoms with Gasteiger partial charge in [0.15, 0.2) is 6.10 Å². The van der Waals surface area contributed by atoms with Crippen molar-refractivity contribution in [2.24, 2.45) is 0 Å². The molecule has 0 aromatic carbocycles. The molecule has 0 amide bonds. The van der Waals surface area contributed by atoms with Gasteiger partial charge >= 0.3 is 5.97 Å². The Balaban J connectivity index is 2.14. The molecule has 7 heteroatoms. The van der Waals surface area contributed by atoms with Gasteiger partial charge in [0.2, 0.25) is 23.1 Å². The Hall–Kier alpha value is -2.15. The van der Waals surface area contributed by atoms with Crippen molar-refractivity contribution in [2.45, 2.75) is 31.7 Å². The summed E-state index contributed by atoms with van der Waals surface area (Å²) in [6.45, 7) is 1.66. The largest absolute Gasteiger partial charge is 0.489 e. The summed E-state index contributed by atoms with van der Waals surface area (Å²) in [5.41, 5.74) is 0.320. The lowest BCUT2D eigenvalue weighted by atomic mass is 9.82. The molecule has 0 spiro atoms. The van der Waals surface area contributed by atoms with Gasteiger partial charge in [-0.05, 0) is 6.92 Å². The third-order valence-electron chi connectivity index (χ3n) is 3.84. The zero-order valence-electron chi connectivity index (χ0n) is 11.8. The summed E-state index contributed by atoms with van der Waals surface area (Å²) in [6.07, 6.45) is -1.96. The van der Waals surface area contributed by atoms with Crippen LogP contribution in [0.2, 0.25) is 0 Å². The summed E-state index contributed by atoms with van der Waals surface area (Å²) >= 11 is 0. The van der Waals surface area contributed by atoms with Gasteiger partial charge in [-0.3, -0.25) is 14.4 Å². The molecule has 7 nitrogen and oxygen atoms in total. The van der Waals surface area contributed by atoms with Crippen molar-refractivity contribution in [2.75, 3.05) is 14.2 Å². The van der Waals surface area contributed by atoms with Crippen molar-refractivity contribution in [1.82, 2.24) is 0 Å². The van der Waals surface area contributed by atoms with Crippen LogP contribution in [0.25, 0.3) is 0 Å². The zero-order valence-corrected chi connectivity index (χ0v) is 11.8. The SMILES string of the molecule is COC1=C(OC)C(=O)C2=C(C1=O)[C@H](C)O[C@H]1CC(=O)O[C@@H]21. The van der Waals surface area contributed by atoms with Gasteiger partial charge < -0.3 is 18.9 Å². The molecule has 2 heterocycles. The molecule has 3 rings (SSSR count). The highest BCUT2D eigenvalue weighted by molar-refractivity contribution is 6.24. The molecule has 3 aliphatic rings. The third kappa shape index (κ3) is 1.80. The number of carbonyl (C=O) groups excluding carboxylic acids is 3. The van der Waals surface area contributed by atoms with Crippen molar-refractivity contribution in [3.05, 3.63) is 22.7 Å². The van der Waals surface area contributed by atoms with Gasteiger partial charge in [-0.2, -0.15) is 0 Å². The summed E-state index contributed by atoms with van der Waals surface area (Å²) in [4.78, 5) is 36.5. The molecule has 1 aliphatic carbocycles. The Morgan fingerprint density at radius 3 is 2.14 bits per heavy atom. The van der Waals surface area contributed by atoms with Crippen LogP contribution in [-0.4, -0.2) is 50.1 Å². The predicted octanol–water partition coefficient (Wildman–Crippen LogP) is 0.0420. The fourth-order valence-corrected chi connectivity index (χ4v) is 2.98. The Morgan fingerprint density at radius 2 is 1.57 bits per heavy atom. The van der Waals surface area contributed by atoms with Crippen molar-refractivity contribution in [3.8, 4) is 0 Å². The maximum Gasteiger partial charge on any atom is 0.309 e. The summed E-state index contributed by atoms with van der Waals surface area (Å²) < 4.78 is 20.8. The standard InChI is InChI=1S/C14H14O7/c1-5-8-9(12-6(20-5)4-7(15)21-12)11(17)14(19-3)13(18-2)10(8)16/h5-6,12H,4H2,1-3H3/t5-,6-,12+/m0/s1. The molecule has 2 aliphatic heterocycles. The minimum atomic E-state index is -0.858. The first-order valence-corrected chi connectivity index (χ1v) is 6.50. The van der Waals surface area contributed by atoms with Gasteiger partial charge in [0.25, 0.3) is 0 Å². The summed E-state index contributed by atoms with van der Waals surface area (Å²) in [6, 6.07) is 0. The fraction of sp³-hybridized carbons (Fsp3) is 0.500. The Bertz CT molecular complexity index is 613. The quantitative estimate of drug-likeness (QED) is 0.525. The summed E-state index contributed by atoms with van der Waals surface area (Å²) in [5, 5.41) is 0. The molecule has 1 fully saturated rings. The van der Waals surface area contributed by atoms with Crippen LogP contribution in [-0.2, 0) is 33.3 Å². The van der Waals surface area contributed by atoms with E-state index in [1.165, 1.54) is 14.2 Å². The summed E-state index contributed by atoms with van der Waals surface area (Å²) in [5.74, 6) is -1.75. The van der Waals surface area contributed by atoms with Crippen molar-refractivity contribution in [3.63, 3.8) is 0 Å². The van der Waals surface area contributed by atoms with E-state index in [1.54, 1.807) is 6.92 Å². The Morgan fingerprint density at radius 1 is 1.00 bits per heavy atom. The fourth-order valence-electron chi connectivity index (χ4n) is 2.98. The van der Waals surface area contributed by atoms with Crippen LogP contribution in [0.5, 0.6) is 0 Å². The number of rotatable bonds is 2. The number of ketones is 2. The normalized spacial score (nSPS) is 32.0. The minimum Gasteiger partial charge on any atom is -0.489 e. The van der Waals surface area contributed by atoms with Crippen LogP contribution in [0.3, 0.4) is 0 Å². The second-order valence-electron chi connectivity index (χ2n) is 4.98. The molecule has 0 bridgehead atoms. The lowest BCUT2D eigenvalue weighted by molar-refractivity contribution is -0.142. The first-order chi connectivity index (χ1) is 9.99. The Labute approximate surface area is 120 Å². The topological polar surface area (TPSA) is 88.1 Å². The van der Waals surface area contributed by atoms with Gasteiger partial charge in [0, 0.05) is 5.57 Å². The van der Waals surface area contributed by atoms with Crippen molar-refractivity contribution < 1.29 is 33.3 Å². The summed E-state index contributed by atoms with van der Waals surface area (Å²) in [7, 11) is 2.57. The second-order valence-corrected chi connectivity index (χ2v) is 4.98. The number of methoxy groups -OCH3 is 2. The zero-order chi connectivity index (χ0) is 15.3. The first-order valence-electron chi connectivity index (χ1n) is 6.50. The number of Topliss-reactive ketones (excluding diaryl/α,β-unsaturated/α-hetero) is 2. The van der Waals surface area contributed by atoms with Gasteiger partial charge in [-0.25, -0.2) is 0 Å². The molecule has 0 aromatic rings. The lowest BCUT2D eigenvalue weighted by Gasteiger charge is -2.34. The highest BCUT2D eigenvalue weighted by Crippen LogP contribution is 2.40. The molecule has 21 heavy (non-hydrogen) atoms. The van der Waals surface area contributed by atoms with E-state index in [0.717, 1.165) is 0 Å². The number of hydrogen-bond acceptors (Lipinski definition) is 7. The average molecular weight is 294 g/mol. The highest BCUT2D eigenvalue weighted by Gasteiger charge is 2.52. The monoisotopic (exact) mass is 294 g/mol. The first kappa shape index (κ1) is 13.8. The Kier molecular flexibility index (Phi) is 3.09. The third-order valence-corrected chi connectivity index (χ3v) is 3.84. The van der Waals surface area contributed by atoms with E-state index in [2.05, 4.69) is 0 Å². The maximum absolute atomic E-state index is 12.6. The minimum absolute atomic E-state index is 0.0659. The predicted molar refractivity (Wildman–Crippen MR) is 66.9 cm³/mol. The van der Waals surface area contributed by atoms with Crippen molar-refractivity contribution in [1.29, 1.82) is 0 Å². The van der Waals surface area contributed by atoms with E-state index in [0.29, 0.717) is 0 Å². The molecular weight excluding hydrogens is 280 g/mol. The van der Waals surface area contributed by atoms with E-state index < -0.39 is 35.8 Å². The highest BCUT2D eigenvalue weighted by atomic mass is 16.6. The van der Waals surface area contributed by atoms with E-state index in [4.69, 9.17) is 18.9 Å². The smallest absolute Gasteiger partial charge is 0.309 e. The number of carbonyl (C=O) groups is 3. The van der Waals surface area contributed by atoms with E-state index in [9.17, 15) is 14.4 Å².